The van der Waals surface area contributed by atoms with Crippen LogP contribution in [0.5, 0.6) is 0 Å². The lowest BCUT2D eigenvalue weighted by Gasteiger charge is -2.11. The number of hydrogen-bond donors (Lipinski definition) is 1. The Hall–Kier alpha value is -1.63. The third kappa shape index (κ3) is 2.93. The lowest BCUT2D eigenvalue weighted by Crippen LogP contribution is -2.29. The third-order valence-electron chi connectivity index (χ3n) is 2.13. The van der Waals surface area contributed by atoms with E-state index >= 15 is 0 Å². The number of aromatic nitrogens is 3. The third-order valence-corrected chi connectivity index (χ3v) is 2.13. The Labute approximate surface area is 92.3 Å². The molecule has 1 unspecified atom stereocenters. The normalized spacial score (nSPS) is 12.6. The number of hydrogen-bond acceptors (Lipinski definition) is 4. The minimum atomic E-state index is -1.02. The summed E-state index contributed by atoms with van der Waals surface area (Å²) in [4.78, 5) is 22.1. The first-order chi connectivity index (χ1) is 7.56. The van der Waals surface area contributed by atoms with Gasteiger partial charge < -0.3 is 9.84 Å². The van der Waals surface area contributed by atoms with E-state index in [1.807, 2.05) is 0 Å². The monoisotopic (exact) mass is 229 g/mol. The first-order valence-corrected chi connectivity index (χ1v) is 4.99. The molecule has 1 N–H and O–H groups in total. The van der Waals surface area contributed by atoms with Gasteiger partial charge in [0.25, 0.3) is 0 Å². The van der Waals surface area contributed by atoms with Crippen molar-refractivity contribution in [1.29, 1.82) is 0 Å². The predicted octanol–water partition coefficient (Wildman–Crippen LogP) is -0.538. The molecule has 0 aliphatic carbocycles. The van der Waals surface area contributed by atoms with Crippen molar-refractivity contribution in [2.75, 3.05) is 6.61 Å². The van der Waals surface area contributed by atoms with Gasteiger partial charge in [-0.1, -0.05) is 0 Å². The van der Waals surface area contributed by atoms with Crippen LogP contribution < -0.4 is 5.69 Å². The van der Waals surface area contributed by atoms with E-state index in [9.17, 15) is 9.59 Å². The molecule has 7 heteroatoms. The van der Waals surface area contributed by atoms with Gasteiger partial charge in [0.05, 0.1) is 0 Å². The number of carboxylic acid groups (broad SMARTS) is 1. The van der Waals surface area contributed by atoms with Crippen LogP contribution in [-0.2, 0) is 23.1 Å². The van der Waals surface area contributed by atoms with Crippen molar-refractivity contribution in [3.63, 3.8) is 0 Å². The van der Waals surface area contributed by atoms with E-state index < -0.39 is 12.1 Å². The van der Waals surface area contributed by atoms with Crippen LogP contribution in [0.3, 0.4) is 0 Å². The van der Waals surface area contributed by atoms with E-state index in [1.54, 1.807) is 14.0 Å². The number of aryl methyl sites for hydroxylation is 2. The molecule has 0 saturated carbocycles. The summed E-state index contributed by atoms with van der Waals surface area (Å²) in [5.41, 5.74) is -0.263. The fourth-order valence-corrected chi connectivity index (χ4v) is 1.29. The van der Waals surface area contributed by atoms with Gasteiger partial charge in [-0.05, 0) is 6.92 Å². The average Bonchev–Trinajstić information content (AvgIpc) is 2.55. The number of rotatable bonds is 6. The van der Waals surface area contributed by atoms with E-state index in [0.29, 0.717) is 6.61 Å². The van der Waals surface area contributed by atoms with Gasteiger partial charge in [-0.3, -0.25) is 4.57 Å². The smallest absolute Gasteiger partial charge is 0.345 e. The molecule has 0 fully saturated rings. The van der Waals surface area contributed by atoms with E-state index in [4.69, 9.17) is 9.84 Å². The Balaban J connectivity index is 2.59. The minimum Gasteiger partial charge on any atom is -0.479 e. The van der Waals surface area contributed by atoms with Crippen LogP contribution in [0, 0.1) is 0 Å². The van der Waals surface area contributed by atoms with E-state index in [-0.39, 0.29) is 18.7 Å². The Morgan fingerprint density at radius 2 is 2.38 bits per heavy atom. The number of nitrogens with zero attached hydrogens (tertiary/aromatic N) is 3. The summed E-state index contributed by atoms with van der Waals surface area (Å²) in [6.07, 6.45) is 0.720. The molecular weight excluding hydrogens is 214 g/mol. The maximum atomic E-state index is 11.4. The Bertz CT molecular complexity index is 409. The maximum absolute atomic E-state index is 11.4. The van der Waals surface area contributed by atoms with Gasteiger partial charge in [0.1, 0.15) is 6.33 Å². The molecule has 1 rings (SSSR count). The largest absolute Gasteiger partial charge is 0.479 e. The number of aliphatic carboxylic acids is 1. The summed E-state index contributed by atoms with van der Waals surface area (Å²) in [6.45, 7) is 2.29. The molecule has 7 nitrogen and oxygen atoms in total. The molecule has 0 aliphatic rings. The molecule has 0 bridgehead atoms. The van der Waals surface area contributed by atoms with Crippen molar-refractivity contribution in [3.8, 4) is 0 Å². The molecule has 1 aromatic heterocycles. The van der Waals surface area contributed by atoms with Crippen molar-refractivity contribution in [1.82, 2.24) is 14.3 Å². The number of carboxylic acids is 1. The highest BCUT2D eigenvalue weighted by Gasteiger charge is 2.17. The van der Waals surface area contributed by atoms with Crippen LogP contribution in [0.25, 0.3) is 0 Å². The van der Waals surface area contributed by atoms with Crippen LogP contribution >= 0.6 is 0 Å². The predicted molar refractivity (Wildman–Crippen MR) is 55.1 cm³/mol. The number of carbonyl (C=O) groups is 1. The van der Waals surface area contributed by atoms with E-state index in [1.165, 1.54) is 15.6 Å². The standard InChI is InChI=1S/C9H15N3O4/c1-3-16-7(8(13)14)4-5-12-9(15)11(2)6-10-12/h6-7H,3-5H2,1-2H3,(H,13,14). The minimum absolute atomic E-state index is 0.222. The summed E-state index contributed by atoms with van der Waals surface area (Å²) >= 11 is 0. The first-order valence-electron chi connectivity index (χ1n) is 4.99. The zero-order valence-corrected chi connectivity index (χ0v) is 9.29. The van der Waals surface area contributed by atoms with E-state index in [0.717, 1.165) is 0 Å². The molecule has 1 aromatic rings. The van der Waals surface area contributed by atoms with Gasteiger partial charge in [0.2, 0.25) is 0 Å². The van der Waals surface area contributed by atoms with Crippen molar-refractivity contribution >= 4 is 5.97 Å². The molecule has 0 aromatic carbocycles. The summed E-state index contributed by atoms with van der Waals surface area (Å²) in [5.74, 6) is -1.02. The highest BCUT2D eigenvalue weighted by atomic mass is 16.5. The van der Waals surface area contributed by atoms with Crippen LogP contribution in [0.1, 0.15) is 13.3 Å². The van der Waals surface area contributed by atoms with Gasteiger partial charge >= 0.3 is 11.7 Å². The fraction of sp³-hybridized carbons (Fsp3) is 0.667. The summed E-state index contributed by atoms with van der Waals surface area (Å²) < 4.78 is 7.57. The topological polar surface area (TPSA) is 86.4 Å². The van der Waals surface area contributed by atoms with Crippen LogP contribution in [-0.4, -0.2) is 38.1 Å². The second-order valence-electron chi connectivity index (χ2n) is 3.32. The quantitative estimate of drug-likeness (QED) is 0.708. The highest BCUT2D eigenvalue weighted by molar-refractivity contribution is 5.72. The van der Waals surface area contributed by atoms with Crippen molar-refractivity contribution in [3.05, 3.63) is 16.8 Å². The molecular formula is C9H15N3O4. The van der Waals surface area contributed by atoms with Crippen molar-refractivity contribution in [2.45, 2.75) is 26.0 Å². The molecule has 0 radical (unpaired) electrons. The molecule has 1 atom stereocenters. The molecule has 16 heavy (non-hydrogen) atoms. The van der Waals surface area contributed by atoms with Gasteiger partial charge in [-0.2, -0.15) is 5.10 Å². The molecule has 1 heterocycles. The van der Waals surface area contributed by atoms with E-state index in [2.05, 4.69) is 5.10 Å². The fourth-order valence-electron chi connectivity index (χ4n) is 1.29. The van der Waals surface area contributed by atoms with Crippen LogP contribution in [0.2, 0.25) is 0 Å². The molecule has 0 spiro atoms. The van der Waals surface area contributed by atoms with Gasteiger partial charge in [-0.25, -0.2) is 14.3 Å². The Morgan fingerprint density at radius 3 is 2.81 bits per heavy atom. The zero-order chi connectivity index (χ0) is 12.1. The average molecular weight is 229 g/mol. The molecule has 0 saturated heterocycles. The zero-order valence-electron chi connectivity index (χ0n) is 9.29. The second kappa shape index (κ2) is 5.45. The Morgan fingerprint density at radius 1 is 1.69 bits per heavy atom. The van der Waals surface area contributed by atoms with Gasteiger partial charge in [-0.15, -0.1) is 0 Å². The first kappa shape index (κ1) is 12.4. The van der Waals surface area contributed by atoms with Gasteiger partial charge in [0, 0.05) is 26.6 Å². The summed E-state index contributed by atoms with van der Waals surface area (Å²) in [6, 6.07) is 0. The Kier molecular flexibility index (Phi) is 4.24. The lowest BCUT2D eigenvalue weighted by molar-refractivity contribution is -0.150. The maximum Gasteiger partial charge on any atom is 0.345 e. The molecule has 0 aliphatic heterocycles. The molecule has 0 amide bonds. The van der Waals surface area contributed by atoms with Crippen molar-refractivity contribution < 1.29 is 14.6 Å². The second-order valence-corrected chi connectivity index (χ2v) is 3.32. The lowest BCUT2D eigenvalue weighted by atomic mass is 10.2. The van der Waals surface area contributed by atoms with Gasteiger partial charge in [0.15, 0.2) is 6.10 Å². The highest BCUT2D eigenvalue weighted by Crippen LogP contribution is 2.00. The SMILES string of the molecule is CCOC(CCn1ncn(C)c1=O)C(=O)O. The number of ether oxygens (including phenoxy) is 1. The molecule has 90 valence electrons. The van der Waals surface area contributed by atoms with Crippen LogP contribution in [0.4, 0.5) is 0 Å². The van der Waals surface area contributed by atoms with Crippen molar-refractivity contribution in [2.24, 2.45) is 7.05 Å². The summed E-state index contributed by atoms with van der Waals surface area (Å²) in [5, 5.41) is 12.6. The van der Waals surface area contributed by atoms with Crippen LogP contribution in [0.15, 0.2) is 11.1 Å². The summed E-state index contributed by atoms with van der Waals surface area (Å²) in [7, 11) is 1.59.